The van der Waals surface area contributed by atoms with Crippen LogP contribution in [0.5, 0.6) is 0 Å². The van der Waals surface area contributed by atoms with E-state index in [0.717, 1.165) is 4.47 Å². The fourth-order valence-electron chi connectivity index (χ4n) is 2.87. The van der Waals surface area contributed by atoms with Crippen LogP contribution in [0.3, 0.4) is 0 Å². The normalized spacial score (nSPS) is 14.9. The Hall–Kier alpha value is -1.60. The lowest BCUT2D eigenvalue weighted by Gasteiger charge is -2.34. The summed E-state index contributed by atoms with van der Waals surface area (Å²) in [6.45, 7) is 2.69. The van der Waals surface area contributed by atoms with Crippen LogP contribution in [0.2, 0.25) is 10.0 Å². The highest BCUT2D eigenvalue weighted by Gasteiger charge is 2.23. The van der Waals surface area contributed by atoms with Gasteiger partial charge in [-0.25, -0.2) is 0 Å². The molecule has 8 heteroatoms. The minimum absolute atomic E-state index is 0.0163. The highest BCUT2D eigenvalue weighted by Crippen LogP contribution is 2.25. The summed E-state index contributed by atoms with van der Waals surface area (Å²) in [5, 5.41) is 3.91. The average Bonchev–Trinajstić information content (AvgIpc) is 2.65. The largest absolute Gasteiger partial charge is 0.336 e. The molecule has 2 aromatic rings. The smallest absolute Gasteiger partial charge is 0.253 e. The van der Waals surface area contributed by atoms with Gasteiger partial charge >= 0.3 is 0 Å². The van der Waals surface area contributed by atoms with Gasteiger partial charge in [0.2, 0.25) is 5.91 Å². The summed E-state index contributed by atoms with van der Waals surface area (Å²) >= 11 is 15.3. The van der Waals surface area contributed by atoms with Crippen LogP contribution in [0.15, 0.2) is 46.9 Å². The van der Waals surface area contributed by atoms with E-state index in [2.05, 4.69) is 21.2 Å². The fraction of sp³-hybridized carbons (Fsp3) is 0.263. The van der Waals surface area contributed by atoms with E-state index >= 15 is 0 Å². The number of halogens is 3. The molecule has 2 aromatic carbocycles. The lowest BCUT2D eigenvalue weighted by atomic mass is 10.2. The molecule has 2 amide bonds. The lowest BCUT2D eigenvalue weighted by molar-refractivity contribution is -0.117. The fourth-order valence-corrected chi connectivity index (χ4v) is 3.71. The predicted molar refractivity (Wildman–Crippen MR) is 112 cm³/mol. The van der Waals surface area contributed by atoms with Crippen molar-refractivity contribution in [2.45, 2.75) is 0 Å². The standard InChI is InChI=1S/C19H18BrCl2N3O2/c20-14-3-6-17(16(22)11-14)23-18(26)12-24-7-9-25(10-8-24)19(27)13-1-4-15(21)5-2-13/h1-6,11H,7-10,12H2,(H,23,26). The van der Waals surface area contributed by atoms with Crippen molar-refractivity contribution in [3.05, 3.63) is 62.5 Å². The second-order valence-corrected chi connectivity index (χ2v) is 8.01. The number of hydrogen-bond acceptors (Lipinski definition) is 3. The molecule has 5 nitrogen and oxygen atoms in total. The molecule has 1 N–H and O–H groups in total. The van der Waals surface area contributed by atoms with Crippen LogP contribution in [0.4, 0.5) is 5.69 Å². The van der Waals surface area contributed by atoms with Crippen molar-refractivity contribution in [1.29, 1.82) is 0 Å². The number of benzene rings is 2. The molecule has 0 spiro atoms. The number of carbonyl (C=O) groups excluding carboxylic acids is 2. The number of nitrogens with zero attached hydrogens (tertiary/aromatic N) is 2. The van der Waals surface area contributed by atoms with Crippen molar-refractivity contribution in [3.63, 3.8) is 0 Å². The number of carbonyl (C=O) groups is 2. The summed E-state index contributed by atoms with van der Waals surface area (Å²) in [7, 11) is 0. The second-order valence-electron chi connectivity index (χ2n) is 6.25. The topological polar surface area (TPSA) is 52.7 Å². The summed E-state index contributed by atoms with van der Waals surface area (Å²) < 4.78 is 0.854. The van der Waals surface area contributed by atoms with E-state index < -0.39 is 0 Å². The molecule has 0 unspecified atom stereocenters. The Morgan fingerprint density at radius 2 is 1.67 bits per heavy atom. The quantitative estimate of drug-likeness (QED) is 0.730. The molecule has 1 heterocycles. The van der Waals surface area contributed by atoms with E-state index in [4.69, 9.17) is 23.2 Å². The van der Waals surface area contributed by atoms with E-state index in [9.17, 15) is 9.59 Å². The zero-order chi connectivity index (χ0) is 19.4. The number of nitrogens with one attached hydrogen (secondary N) is 1. The third-order valence-electron chi connectivity index (χ3n) is 4.32. The maximum atomic E-state index is 12.5. The molecule has 0 atom stereocenters. The number of piperazine rings is 1. The Labute approximate surface area is 176 Å². The highest BCUT2D eigenvalue weighted by atomic mass is 79.9. The van der Waals surface area contributed by atoms with Crippen molar-refractivity contribution >= 4 is 56.6 Å². The first-order valence-electron chi connectivity index (χ1n) is 8.44. The Kier molecular flexibility index (Phi) is 6.76. The third-order valence-corrected chi connectivity index (χ3v) is 5.38. The zero-order valence-corrected chi connectivity index (χ0v) is 17.5. The molecule has 1 saturated heterocycles. The minimum atomic E-state index is -0.128. The molecule has 27 heavy (non-hydrogen) atoms. The van der Waals surface area contributed by atoms with Crippen LogP contribution >= 0.6 is 39.1 Å². The number of rotatable bonds is 4. The lowest BCUT2D eigenvalue weighted by Crippen LogP contribution is -2.50. The van der Waals surface area contributed by atoms with Crippen LogP contribution in [0.25, 0.3) is 0 Å². The number of amides is 2. The van der Waals surface area contributed by atoms with Crippen molar-refractivity contribution in [2.24, 2.45) is 0 Å². The molecule has 0 aromatic heterocycles. The van der Waals surface area contributed by atoms with Gasteiger partial charge in [-0.3, -0.25) is 14.5 Å². The first-order valence-corrected chi connectivity index (χ1v) is 9.99. The van der Waals surface area contributed by atoms with Crippen molar-refractivity contribution in [2.75, 3.05) is 38.0 Å². The van der Waals surface area contributed by atoms with Gasteiger partial charge in [0.1, 0.15) is 0 Å². The molecular formula is C19H18BrCl2N3O2. The van der Waals surface area contributed by atoms with Gasteiger partial charge in [-0.2, -0.15) is 0 Å². The van der Waals surface area contributed by atoms with Gasteiger partial charge in [0.25, 0.3) is 5.91 Å². The maximum absolute atomic E-state index is 12.5. The van der Waals surface area contributed by atoms with E-state index in [0.29, 0.717) is 47.5 Å². The Bertz CT molecular complexity index is 837. The van der Waals surface area contributed by atoms with Gasteiger partial charge in [-0.05, 0) is 42.5 Å². The van der Waals surface area contributed by atoms with Crippen LogP contribution in [0, 0.1) is 0 Å². The summed E-state index contributed by atoms with van der Waals surface area (Å²) in [6, 6.07) is 12.2. The number of anilines is 1. The van der Waals surface area contributed by atoms with Crippen molar-refractivity contribution < 1.29 is 9.59 Å². The molecule has 3 rings (SSSR count). The molecule has 1 aliphatic heterocycles. The predicted octanol–water partition coefficient (Wildman–Crippen LogP) is 4.15. The van der Waals surface area contributed by atoms with Gasteiger partial charge < -0.3 is 10.2 Å². The third kappa shape index (κ3) is 5.45. The molecule has 0 saturated carbocycles. The summed E-state index contributed by atoms with van der Waals surface area (Å²) in [4.78, 5) is 28.6. The molecule has 1 aliphatic rings. The van der Waals surface area contributed by atoms with Crippen LogP contribution in [0.1, 0.15) is 10.4 Å². The molecular weight excluding hydrogens is 453 g/mol. The first kappa shape index (κ1) is 20.1. The molecule has 0 bridgehead atoms. The van der Waals surface area contributed by atoms with Gasteiger partial charge in [0.05, 0.1) is 17.3 Å². The van der Waals surface area contributed by atoms with Crippen LogP contribution in [-0.2, 0) is 4.79 Å². The summed E-state index contributed by atoms with van der Waals surface area (Å²) in [5.74, 6) is -0.144. The van der Waals surface area contributed by atoms with E-state index in [1.165, 1.54) is 0 Å². The Morgan fingerprint density at radius 3 is 2.30 bits per heavy atom. The highest BCUT2D eigenvalue weighted by molar-refractivity contribution is 9.10. The zero-order valence-electron chi connectivity index (χ0n) is 14.4. The monoisotopic (exact) mass is 469 g/mol. The van der Waals surface area contributed by atoms with E-state index in [1.54, 1.807) is 41.3 Å². The average molecular weight is 471 g/mol. The minimum Gasteiger partial charge on any atom is -0.336 e. The van der Waals surface area contributed by atoms with Gasteiger partial charge in [0.15, 0.2) is 0 Å². The molecule has 142 valence electrons. The molecule has 0 aliphatic carbocycles. The SMILES string of the molecule is O=C(CN1CCN(C(=O)c2ccc(Cl)cc2)CC1)Nc1ccc(Br)cc1Cl. The van der Waals surface area contributed by atoms with Gasteiger partial charge in [-0.1, -0.05) is 39.1 Å². The Morgan fingerprint density at radius 1 is 1.00 bits per heavy atom. The number of hydrogen-bond donors (Lipinski definition) is 1. The van der Waals surface area contributed by atoms with Crippen LogP contribution < -0.4 is 5.32 Å². The van der Waals surface area contributed by atoms with E-state index in [-0.39, 0.29) is 18.4 Å². The van der Waals surface area contributed by atoms with E-state index in [1.807, 2.05) is 11.0 Å². The van der Waals surface area contributed by atoms with Gasteiger partial charge in [-0.15, -0.1) is 0 Å². The Balaban J connectivity index is 1.49. The summed E-state index contributed by atoms with van der Waals surface area (Å²) in [5.41, 5.74) is 1.21. The maximum Gasteiger partial charge on any atom is 0.253 e. The molecule has 1 fully saturated rings. The van der Waals surface area contributed by atoms with Crippen molar-refractivity contribution in [1.82, 2.24) is 9.80 Å². The first-order chi connectivity index (χ1) is 12.9. The molecule has 0 radical (unpaired) electrons. The summed E-state index contributed by atoms with van der Waals surface area (Å²) in [6.07, 6.45) is 0. The van der Waals surface area contributed by atoms with Gasteiger partial charge in [0, 0.05) is 41.2 Å². The second kappa shape index (κ2) is 9.06. The van der Waals surface area contributed by atoms with Crippen molar-refractivity contribution in [3.8, 4) is 0 Å². The van der Waals surface area contributed by atoms with Crippen LogP contribution in [-0.4, -0.2) is 54.3 Å².